The number of hydrogen-bond acceptors (Lipinski definition) is 5. The maximum atomic E-state index is 12.0. The van der Waals surface area contributed by atoms with Gasteiger partial charge in [0, 0.05) is 12.4 Å². The van der Waals surface area contributed by atoms with Gasteiger partial charge in [0.15, 0.2) is 5.82 Å². The molecule has 0 saturated heterocycles. The van der Waals surface area contributed by atoms with E-state index in [0.29, 0.717) is 0 Å². The Labute approximate surface area is 111 Å². The van der Waals surface area contributed by atoms with Gasteiger partial charge in [-0.05, 0) is 32.9 Å². The molecular formula is C13H16N4O2. The minimum absolute atomic E-state index is 0.137. The van der Waals surface area contributed by atoms with Crippen molar-refractivity contribution in [3.05, 3.63) is 36.3 Å². The first-order chi connectivity index (χ1) is 8.87. The maximum absolute atomic E-state index is 12.0. The molecule has 2 rings (SSSR count). The average molecular weight is 260 g/mol. The minimum atomic E-state index is -0.570. The number of ether oxygens (including phenoxy) is 1. The highest BCUT2D eigenvalue weighted by Crippen LogP contribution is 2.17. The summed E-state index contributed by atoms with van der Waals surface area (Å²) in [4.78, 5) is 15.9. The van der Waals surface area contributed by atoms with Gasteiger partial charge in [0.25, 0.3) is 0 Å². The van der Waals surface area contributed by atoms with E-state index in [4.69, 9.17) is 10.5 Å². The van der Waals surface area contributed by atoms with E-state index in [1.54, 1.807) is 45.4 Å². The second-order valence-corrected chi connectivity index (χ2v) is 5.09. The third-order valence-electron chi connectivity index (χ3n) is 2.27. The SMILES string of the molecule is CC(C)(C)OC(=O)c1cn(-c2cccnc2)nc1N. The van der Waals surface area contributed by atoms with Crippen LogP contribution in [-0.4, -0.2) is 26.3 Å². The number of rotatable bonds is 2. The molecule has 0 saturated carbocycles. The molecule has 2 aromatic heterocycles. The summed E-state index contributed by atoms with van der Waals surface area (Å²) in [6.07, 6.45) is 4.83. The molecule has 2 N–H and O–H groups in total. The molecule has 6 heteroatoms. The predicted octanol–water partition coefficient (Wildman–Crippen LogP) is 1.80. The predicted molar refractivity (Wildman–Crippen MR) is 70.9 cm³/mol. The molecule has 2 aromatic rings. The van der Waals surface area contributed by atoms with E-state index in [-0.39, 0.29) is 11.4 Å². The molecule has 6 nitrogen and oxygen atoms in total. The van der Waals surface area contributed by atoms with Crippen molar-refractivity contribution in [1.29, 1.82) is 0 Å². The molecule has 0 amide bonds. The largest absolute Gasteiger partial charge is 0.456 e. The number of hydrogen-bond donors (Lipinski definition) is 1. The zero-order valence-electron chi connectivity index (χ0n) is 11.1. The third-order valence-corrected chi connectivity index (χ3v) is 2.27. The van der Waals surface area contributed by atoms with Crippen LogP contribution in [0, 0.1) is 0 Å². The van der Waals surface area contributed by atoms with Gasteiger partial charge in [-0.3, -0.25) is 4.98 Å². The Morgan fingerprint density at radius 2 is 2.16 bits per heavy atom. The number of pyridine rings is 1. The minimum Gasteiger partial charge on any atom is -0.456 e. The molecule has 0 aliphatic heterocycles. The van der Waals surface area contributed by atoms with Gasteiger partial charge in [0.05, 0.1) is 11.9 Å². The molecule has 0 fully saturated rings. The topological polar surface area (TPSA) is 83.0 Å². The Morgan fingerprint density at radius 1 is 1.42 bits per heavy atom. The van der Waals surface area contributed by atoms with Crippen LogP contribution in [0.3, 0.4) is 0 Å². The summed E-state index contributed by atoms with van der Waals surface area (Å²) in [5.41, 5.74) is 6.15. The van der Waals surface area contributed by atoms with Gasteiger partial charge in [-0.2, -0.15) is 0 Å². The normalized spacial score (nSPS) is 11.3. The smallest absolute Gasteiger partial charge is 0.344 e. The van der Waals surface area contributed by atoms with Gasteiger partial charge >= 0.3 is 5.97 Å². The maximum Gasteiger partial charge on any atom is 0.344 e. The number of aromatic nitrogens is 3. The summed E-state index contributed by atoms with van der Waals surface area (Å²) in [5, 5.41) is 4.09. The van der Waals surface area contributed by atoms with Crippen molar-refractivity contribution in [2.75, 3.05) is 5.73 Å². The summed E-state index contributed by atoms with van der Waals surface area (Å²) >= 11 is 0. The Kier molecular flexibility index (Phi) is 3.25. The van der Waals surface area contributed by atoms with Crippen LogP contribution in [0.2, 0.25) is 0 Å². The van der Waals surface area contributed by atoms with E-state index in [1.165, 1.54) is 4.68 Å². The first-order valence-corrected chi connectivity index (χ1v) is 5.86. The molecule has 100 valence electrons. The van der Waals surface area contributed by atoms with Crippen LogP contribution in [0.4, 0.5) is 5.82 Å². The Balaban J connectivity index is 2.30. The lowest BCUT2D eigenvalue weighted by Gasteiger charge is -2.18. The summed E-state index contributed by atoms with van der Waals surface area (Å²) in [5.74, 6) is -0.349. The van der Waals surface area contributed by atoms with Crippen LogP contribution in [0.25, 0.3) is 5.69 Å². The van der Waals surface area contributed by atoms with Gasteiger partial charge < -0.3 is 10.5 Å². The fourth-order valence-corrected chi connectivity index (χ4v) is 1.50. The lowest BCUT2D eigenvalue weighted by Crippen LogP contribution is -2.24. The zero-order valence-corrected chi connectivity index (χ0v) is 11.1. The summed E-state index contributed by atoms with van der Waals surface area (Å²) in [7, 11) is 0. The van der Waals surface area contributed by atoms with Crippen molar-refractivity contribution >= 4 is 11.8 Å². The highest BCUT2D eigenvalue weighted by Gasteiger charge is 2.22. The van der Waals surface area contributed by atoms with Crippen LogP contribution in [-0.2, 0) is 4.74 Å². The Hall–Kier alpha value is -2.37. The van der Waals surface area contributed by atoms with Crippen molar-refractivity contribution < 1.29 is 9.53 Å². The molecule has 0 spiro atoms. The van der Waals surface area contributed by atoms with Gasteiger partial charge in [0.2, 0.25) is 0 Å². The Morgan fingerprint density at radius 3 is 2.74 bits per heavy atom. The second-order valence-electron chi connectivity index (χ2n) is 5.09. The van der Waals surface area contributed by atoms with Gasteiger partial charge in [-0.15, -0.1) is 5.10 Å². The lowest BCUT2D eigenvalue weighted by molar-refractivity contribution is 0.00708. The number of nitrogens with two attached hydrogens (primary N) is 1. The quantitative estimate of drug-likeness (QED) is 0.832. The fraction of sp³-hybridized carbons (Fsp3) is 0.308. The molecule has 0 atom stereocenters. The monoisotopic (exact) mass is 260 g/mol. The van der Waals surface area contributed by atoms with Crippen LogP contribution < -0.4 is 5.73 Å². The van der Waals surface area contributed by atoms with E-state index in [9.17, 15) is 4.79 Å². The van der Waals surface area contributed by atoms with Crippen molar-refractivity contribution in [3.8, 4) is 5.69 Å². The van der Waals surface area contributed by atoms with E-state index < -0.39 is 11.6 Å². The first kappa shape index (κ1) is 13.1. The standard InChI is InChI=1S/C13H16N4O2/c1-13(2,3)19-12(18)10-8-17(16-11(10)14)9-5-4-6-15-7-9/h4-8H,1-3H3,(H2,14,16). The number of anilines is 1. The highest BCUT2D eigenvalue weighted by atomic mass is 16.6. The average Bonchev–Trinajstić information content (AvgIpc) is 2.70. The summed E-state index contributed by atoms with van der Waals surface area (Å²) in [6, 6.07) is 3.60. The molecule has 19 heavy (non-hydrogen) atoms. The molecule has 0 unspecified atom stereocenters. The highest BCUT2D eigenvalue weighted by molar-refractivity contribution is 5.94. The lowest BCUT2D eigenvalue weighted by atomic mass is 10.2. The molecular weight excluding hydrogens is 244 g/mol. The number of nitrogens with zero attached hydrogens (tertiary/aromatic N) is 3. The number of carbonyl (C=O) groups excluding carboxylic acids is 1. The van der Waals surface area contributed by atoms with E-state index in [2.05, 4.69) is 10.1 Å². The number of nitrogen functional groups attached to an aromatic ring is 1. The second kappa shape index (κ2) is 4.72. The van der Waals surface area contributed by atoms with Crippen molar-refractivity contribution in [1.82, 2.24) is 14.8 Å². The Bertz CT molecular complexity index is 584. The van der Waals surface area contributed by atoms with E-state index in [0.717, 1.165) is 5.69 Å². The van der Waals surface area contributed by atoms with Crippen LogP contribution in [0.5, 0.6) is 0 Å². The molecule has 0 aliphatic rings. The van der Waals surface area contributed by atoms with E-state index in [1.807, 2.05) is 6.07 Å². The molecule has 0 radical (unpaired) electrons. The van der Waals surface area contributed by atoms with Gasteiger partial charge in [0.1, 0.15) is 11.2 Å². The third kappa shape index (κ3) is 3.09. The molecule has 0 aromatic carbocycles. The van der Waals surface area contributed by atoms with Crippen molar-refractivity contribution in [2.45, 2.75) is 26.4 Å². The fourth-order valence-electron chi connectivity index (χ4n) is 1.50. The zero-order chi connectivity index (χ0) is 14.0. The summed E-state index contributed by atoms with van der Waals surface area (Å²) in [6.45, 7) is 5.39. The molecule has 2 heterocycles. The van der Waals surface area contributed by atoms with E-state index >= 15 is 0 Å². The summed E-state index contributed by atoms with van der Waals surface area (Å²) < 4.78 is 6.77. The van der Waals surface area contributed by atoms with Gasteiger partial charge in [-0.1, -0.05) is 0 Å². The van der Waals surface area contributed by atoms with Gasteiger partial charge in [-0.25, -0.2) is 9.48 Å². The van der Waals surface area contributed by atoms with Crippen molar-refractivity contribution in [3.63, 3.8) is 0 Å². The van der Waals surface area contributed by atoms with Crippen LogP contribution in [0.15, 0.2) is 30.7 Å². The first-order valence-electron chi connectivity index (χ1n) is 5.86. The van der Waals surface area contributed by atoms with Crippen LogP contribution >= 0.6 is 0 Å². The molecule has 0 aliphatic carbocycles. The number of carbonyl (C=O) groups is 1. The molecule has 0 bridgehead atoms. The number of esters is 1. The van der Waals surface area contributed by atoms with Crippen LogP contribution in [0.1, 0.15) is 31.1 Å². The van der Waals surface area contributed by atoms with Crippen molar-refractivity contribution in [2.24, 2.45) is 0 Å².